The third kappa shape index (κ3) is 2.76. The fourth-order valence-corrected chi connectivity index (χ4v) is 2.45. The van der Waals surface area contributed by atoms with Gasteiger partial charge in [0.15, 0.2) is 0 Å². The molecule has 1 aliphatic heterocycles. The van der Waals surface area contributed by atoms with E-state index in [2.05, 4.69) is 5.32 Å². The molecule has 5 heteroatoms. The summed E-state index contributed by atoms with van der Waals surface area (Å²) in [7, 11) is 1.58. The highest BCUT2D eigenvalue weighted by atomic mass is 16.2. The van der Waals surface area contributed by atoms with Crippen molar-refractivity contribution >= 4 is 11.8 Å². The Bertz CT molecular complexity index is 461. The first-order chi connectivity index (χ1) is 9.15. The number of nitrogens with one attached hydrogen (secondary N) is 1. The number of hydrogen-bond acceptors (Lipinski definition) is 3. The van der Waals surface area contributed by atoms with Crippen LogP contribution in [-0.4, -0.2) is 36.3 Å². The van der Waals surface area contributed by atoms with E-state index in [1.807, 2.05) is 30.3 Å². The number of nitrogens with zero attached hydrogens (tertiary/aromatic N) is 1. The Morgan fingerprint density at radius 1 is 1.37 bits per heavy atom. The van der Waals surface area contributed by atoms with Gasteiger partial charge in [-0.15, -0.1) is 0 Å². The summed E-state index contributed by atoms with van der Waals surface area (Å²) in [4.78, 5) is 25.7. The molecule has 0 aliphatic carbocycles. The molecule has 2 atom stereocenters. The van der Waals surface area contributed by atoms with Crippen LogP contribution in [0.2, 0.25) is 0 Å². The highest BCUT2D eigenvalue weighted by Gasteiger charge is 2.35. The number of carbonyl (C=O) groups is 2. The Labute approximate surface area is 112 Å². The molecule has 1 aromatic carbocycles. The fraction of sp³-hybridized carbons (Fsp3) is 0.429. The number of benzene rings is 1. The molecule has 1 aromatic rings. The van der Waals surface area contributed by atoms with Gasteiger partial charge in [-0.3, -0.25) is 9.59 Å². The van der Waals surface area contributed by atoms with Crippen LogP contribution in [0.5, 0.6) is 0 Å². The Morgan fingerprint density at radius 2 is 2.05 bits per heavy atom. The number of nitrogens with two attached hydrogens (primary N) is 1. The Balaban J connectivity index is 2.13. The Kier molecular flexibility index (Phi) is 4.16. The molecule has 1 heterocycles. The van der Waals surface area contributed by atoms with E-state index in [9.17, 15) is 9.59 Å². The third-order valence-corrected chi connectivity index (χ3v) is 3.51. The third-order valence-electron chi connectivity index (χ3n) is 3.51. The van der Waals surface area contributed by atoms with Crippen molar-refractivity contribution in [1.82, 2.24) is 10.2 Å². The van der Waals surface area contributed by atoms with Gasteiger partial charge in [0.2, 0.25) is 11.8 Å². The standard InChI is InChI=1S/C14H19N3O2/c1-16-13(18)11-8-5-9-17(11)14(19)12(15)10-6-3-2-4-7-10/h2-4,6-7,11-12H,5,8-9,15H2,1H3,(H,16,18)/t11?,12-/m0/s1. The van der Waals surface area contributed by atoms with Crippen LogP contribution >= 0.6 is 0 Å². The van der Waals surface area contributed by atoms with Crippen molar-refractivity contribution in [1.29, 1.82) is 0 Å². The second-order valence-electron chi connectivity index (χ2n) is 4.69. The van der Waals surface area contributed by atoms with Crippen LogP contribution in [0.3, 0.4) is 0 Å². The summed E-state index contributed by atoms with van der Waals surface area (Å²) < 4.78 is 0. The molecular weight excluding hydrogens is 242 g/mol. The Hall–Kier alpha value is -1.88. The summed E-state index contributed by atoms with van der Waals surface area (Å²) in [5, 5.41) is 2.60. The van der Waals surface area contributed by atoms with Gasteiger partial charge in [-0.05, 0) is 18.4 Å². The largest absolute Gasteiger partial charge is 0.357 e. The normalized spacial score (nSPS) is 20.1. The molecule has 0 spiro atoms. The first-order valence-corrected chi connectivity index (χ1v) is 6.47. The van der Waals surface area contributed by atoms with Crippen LogP contribution in [-0.2, 0) is 9.59 Å². The second kappa shape index (κ2) is 5.84. The molecule has 0 bridgehead atoms. The van der Waals surface area contributed by atoms with Gasteiger partial charge < -0.3 is 16.0 Å². The van der Waals surface area contributed by atoms with E-state index in [1.54, 1.807) is 11.9 Å². The van der Waals surface area contributed by atoms with Crippen molar-refractivity contribution < 1.29 is 9.59 Å². The van der Waals surface area contributed by atoms with Gasteiger partial charge in [0, 0.05) is 13.6 Å². The summed E-state index contributed by atoms with van der Waals surface area (Å²) >= 11 is 0. The second-order valence-corrected chi connectivity index (χ2v) is 4.69. The van der Waals surface area contributed by atoms with Gasteiger partial charge in [-0.1, -0.05) is 30.3 Å². The quantitative estimate of drug-likeness (QED) is 0.828. The zero-order valence-electron chi connectivity index (χ0n) is 11.0. The minimum atomic E-state index is -0.702. The van der Waals surface area contributed by atoms with Crippen LogP contribution < -0.4 is 11.1 Å². The van der Waals surface area contributed by atoms with Crippen LogP contribution in [0.1, 0.15) is 24.4 Å². The summed E-state index contributed by atoms with van der Waals surface area (Å²) in [6.45, 7) is 0.595. The van der Waals surface area contributed by atoms with E-state index in [0.29, 0.717) is 13.0 Å². The predicted octanol–water partition coefficient (Wildman–Crippen LogP) is 0.423. The van der Waals surface area contributed by atoms with E-state index >= 15 is 0 Å². The minimum absolute atomic E-state index is 0.119. The summed E-state index contributed by atoms with van der Waals surface area (Å²) in [6, 6.07) is 8.15. The van der Waals surface area contributed by atoms with Gasteiger partial charge in [0.1, 0.15) is 12.1 Å². The lowest BCUT2D eigenvalue weighted by Crippen LogP contribution is -2.47. The Morgan fingerprint density at radius 3 is 2.68 bits per heavy atom. The van der Waals surface area contributed by atoms with Crippen LogP contribution in [0, 0.1) is 0 Å². The highest BCUT2D eigenvalue weighted by molar-refractivity contribution is 5.90. The van der Waals surface area contributed by atoms with Crippen LogP contribution in [0.25, 0.3) is 0 Å². The molecule has 5 nitrogen and oxygen atoms in total. The van der Waals surface area contributed by atoms with E-state index in [4.69, 9.17) is 5.73 Å². The van der Waals surface area contributed by atoms with E-state index in [-0.39, 0.29) is 17.9 Å². The van der Waals surface area contributed by atoms with Gasteiger partial charge in [-0.2, -0.15) is 0 Å². The number of likely N-dealkylation sites (tertiary alicyclic amines) is 1. The average molecular weight is 261 g/mol. The molecule has 0 saturated carbocycles. The molecule has 19 heavy (non-hydrogen) atoms. The topological polar surface area (TPSA) is 75.4 Å². The SMILES string of the molecule is CNC(=O)C1CCCN1C(=O)[C@@H](N)c1ccccc1. The van der Waals surface area contributed by atoms with Gasteiger partial charge in [-0.25, -0.2) is 0 Å². The van der Waals surface area contributed by atoms with Crippen molar-refractivity contribution in [2.45, 2.75) is 24.9 Å². The number of likely N-dealkylation sites (N-methyl/N-ethyl adjacent to an activating group) is 1. The van der Waals surface area contributed by atoms with E-state index in [1.165, 1.54) is 0 Å². The molecule has 0 radical (unpaired) electrons. The number of hydrogen-bond donors (Lipinski definition) is 2. The van der Waals surface area contributed by atoms with E-state index in [0.717, 1.165) is 12.0 Å². The molecule has 0 aromatic heterocycles. The number of amides is 2. The van der Waals surface area contributed by atoms with Gasteiger partial charge >= 0.3 is 0 Å². The zero-order chi connectivity index (χ0) is 13.8. The monoisotopic (exact) mass is 261 g/mol. The average Bonchev–Trinajstić information content (AvgIpc) is 2.95. The zero-order valence-corrected chi connectivity index (χ0v) is 11.0. The highest BCUT2D eigenvalue weighted by Crippen LogP contribution is 2.22. The molecule has 1 aliphatic rings. The first kappa shape index (κ1) is 13.5. The van der Waals surface area contributed by atoms with Crippen molar-refractivity contribution in [3.8, 4) is 0 Å². The minimum Gasteiger partial charge on any atom is -0.357 e. The summed E-state index contributed by atoms with van der Waals surface area (Å²) in [5.74, 6) is -0.302. The fourth-order valence-electron chi connectivity index (χ4n) is 2.45. The van der Waals surface area contributed by atoms with Gasteiger partial charge in [0.05, 0.1) is 0 Å². The molecular formula is C14H19N3O2. The number of carbonyl (C=O) groups excluding carboxylic acids is 2. The maximum absolute atomic E-state index is 12.4. The number of rotatable bonds is 3. The van der Waals surface area contributed by atoms with Crippen LogP contribution in [0.15, 0.2) is 30.3 Å². The lowest BCUT2D eigenvalue weighted by atomic mass is 10.1. The molecule has 3 N–H and O–H groups in total. The van der Waals surface area contributed by atoms with Crippen molar-refractivity contribution in [2.75, 3.05) is 13.6 Å². The molecule has 1 unspecified atom stereocenters. The van der Waals surface area contributed by atoms with E-state index < -0.39 is 6.04 Å². The lowest BCUT2D eigenvalue weighted by molar-refractivity contribution is -0.139. The summed E-state index contributed by atoms with van der Waals surface area (Å²) in [5.41, 5.74) is 6.77. The molecule has 1 saturated heterocycles. The summed E-state index contributed by atoms with van der Waals surface area (Å²) in [6.07, 6.45) is 1.54. The molecule has 102 valence electrons. The maximum Gasteiger partial charge on any atom is 0.244 e. The molecule has 2 amide bonds. The van der Waals surface area contributed by atoms with Crippen molar-refractivity contribution in [2.24, 2.45) is 5.73 Å². The predicted molar refractivity (Wildman–Crippen MR) is 72.2 cm³/mol. The van der Waals surface area contributed by atoms with Crippen LogP contribution in [0.4, 0.5) is 0 Å². The maximum atomic E-state index is 12.4. The van der Waals surface area contributed by atoms with Gasteiger partial charge in [0.25, 0.3) is 0 Å². The first-order valence-electron chi connectivity index (χ1n) is 6.47. The lowest BCUT2D eigenvalue weighted by Gasteiger charge is -2.26. The smallest absolute Gasteiger partial charge is 0.244 e. The molecule has 1 fully saturated rings. The van der Waals surface area contributed by atoms with Crippen molar-refractivity contribution in [3.63, 3.8) is 0 Å². The van der Waals surface area contributed by atoms with Crippen molar-refractivity contribution in [3.05, 3.63) is 35.9 Å². The molecule has 2 rings (SSSR count).